The first-order valence-corrected chi connectivity index (χ1v) is 7.77. The monoisotopic (exact) mass is 168 g/mol. The molecule has 0 aromatic heterocycles. The first-order chi connectivity index (χ1) is 5.47. The molecule has 0 aromatic rings. The molecule has 0 spiro atoms. The maximum absolute atomic E-state index is 1.70. The van der Waals surface area contributed by atoms with Crippen LogP contribution in [0.2, 0.25) is 17.6 Å². The quantitative estimate of drug-likeness (QED) is 0.527. The van der Waals surface area contributed by atoms with Gasteiger partial charge in [0.25, 0.3) is 0 Å². The Bertz CT molecular complexity index is 110. The van der Waals surface area contributed by atoms with Crippen LogP contribution in [0.25, 0.3) is 0 Å². The minimum absolute atomic E-state index is 0.179. The maximum Gasteiger partial charge on any atom is 0.0399 e. The van der Waals surface area contributed by atoms with E-state index < -0.39 is 0 Å². The average Bonchev–Trinajstić information content (AvgIpc) is 2.58. The Morgan fingerprint density at radius 1 is 0.727 bits per heavy atom. The van der Waals surface area contributed by atoms with Crippen molar-refractivity contribution in [1.29, 1.82) is 0 Å². The summed E-state index contributed by atoms with van der Waals surface area (Å²) < 4.78 is 0. The lowest BCUT2D eigenvalue weighted by Gasteiger charge is -2.25. The van der Waals surface area contributed by atoms with Crippen LogP contribution in [0, 0.1) is 0 Å². The van der Waals surface area contributed by atoms with E-state index in [1.165, 1.54) is 5.54 Å². The fourth-order valence-electron chi connectivity index (χ4n) is 3.03. The zero-order valence-electron chi connectivity index (χ0n) is 7.52. The van der Waals surface area contributed by atoms with Crippen LogP contribution >= 0.6 is 0 Å². The molecule has 2 fully saturated rings. The molecule has 0 bridgehead atoms. The van der Waals surface area contributed by atoms with Crippen molar-refractivity contribution in [2.45, 2.75) is 62.6 Å². The number of rotatable bonds is 1. The van der Waals surface area contributed by atoms with Gasteiger partial charge < -0.3 is 0 Å². The molecular formula is C10H20Si. The van der Waals surface area contributed by atoms with Crippen molar-refractivity contribution in [3.05, 3.63) is 0 Å². The van der Waals surface area contributed by atoms with Gasteiger partial charge in [0, 0.05) is 8.80 Å². The van der Waals surface area contributed by atoms with Gasteiger partial charge in [-0.3, -0.25) is 0 Å². The SMILES string of the molecule is C1CC[SiH](C2CCCC2)CC1. The molecule has 11 heavy (non-hydrogen) atoms. The molecule has 0 unspecified atom stereocenters. The molecule has 0 radical (unpaired) electrons. The van der Waals surface area contributed by atoms with Crippen LogP contribution in [0.3, 0.4) is 0 Å². The Labute approximate surface area is 72.0 Å². The third-order valence-corrected chi connectivity index (χ3v) is 8.02. The summed E-state index contributed by atoms with van der Waals surface area (Å²) in [5.41, 5.74) is 1.29. The number of hydrogen-bond acceptors (Lipinski definition) is 0. The van der Waals surface area contributed by atoms with Crippen molar-refractivity contribution in [2.75, 3.05) is 0 Å². The minimum atomic E-state index is -0.179. The van der Waals surface area contributed by atoms with Crippen LogP contribution in [0.1, 0.15) is 44.9 Å². The summed E-state index contributed by atoms with van der Waals surface area (Å²) in [6, 6.07) is 3.40. The second kappa shape index (κ2) is 3.75. The van der Waals surface area contributed by atoms with Crippen molar-refractivity contribution >= 4 is 8.80 Å². The molecule has 1 aliphatic heterocycles. The lowest BCUT2D eigenvalue weighted by Crippen LogP contribution is -2.21. The second-order valence-electron chi connectivity index (χ2n) is 4.44. The Hall–Kier alpha value is 0.217. The number of hydrogen-bond donors (Lipinski definition) is 0. The van der Waals surface area contributed by atoms with Crippen molar-refractivity contribution in [1.82, 2.24) is 0 Å². The van der Waals surface area contributed by atoms with Crippen LogP contribution in [0.4, 0.5) is 0 Å². The van der Waals surface area contributed by atoms with E-state index in [4.69, 9.17) is 0 Å². The van der Waals surface area contributed by atoms with Crippen molar-refractivity contribution in [3.63, 3.8) is 0 Å². The average molecular weight is 168 g/mol. The van der Waals surface area contributed by atoms with Gasteiger partial charge in [0.1, 0.15) is 0 Å². The summed E-state index contributed by atoms with van der Waals surface area (Å²) in [5, 5.41) is 0. The van der Waals surface area contributed by atoms with Crippen LogP contribution < -0.4 is 0 Å². The van der Waals surface area contributed by atoms with Gasteiger partial charge in [-0.1, -0.05) is 57.0 Å². The standard InChI is InChI=1S/C10H20Si/c1-4-8-11(9-5-1)10-6-2-3-7-10/h10-11H,1-9H2. The van der Waals surface area contributed by atoms with Gasteiger partial charge in [0.15, 0.2) is 0 Å². The molecular weight excluding hydrogens is 148 g/mol. The van der Waals surface area contributed by atoms with Gasteiger partial charge in [-0.25, -0.2) is 0 Å². The van der Waals surface area contributed by atoms with E-state index >= 15 is 0 Å². The molecule has 1 aliphatic carbocycles. The summed E-state index contributed by atoms with van der Waals surface area (Å²) in [6.07, 6.45) is 11.1. The van der Waals surface area contributed by atoms with Gasteiger partial charge in [-0.05, 0) is 5.54 Å². The van der Waals surface area contributed by atoms with E-state index in [-0.39, 0.29) is 8.80 Å². The first-order valence-electron chi connectivity index (χ1n) is 5.47. The molecule has 1 heteroatoms. The Morgan fingerprint density at radius 2 is 1.36 bits per heavy atom. The third kappa shape index (κ3) is 1.87. The smallest absolute Gasteiger partial charge is 0.0399 e. The summed E-state index contributed by atoms with van der Waals surface area (Å²) >= 11 is 0. The first kappa shape index (κ1) is 7.84. The van der Waals surface area contributed by atoms with E-state index in [0.29, 0.717) is 0 Å². The molecule has 2 rings (SSSR count). The van der Waals surface area contributed by atoms with E-state index in [9.17, 15) is 0 Å². The Balaban J connectivity index is 1.82. The van der Waals surface area contributed by atoms with Crippen LogP contribution in [-0.2, 0) is 0 Å². The summed E-state index contributed by atoms with van der Waals surface area (Å²) in [5.74, 6) is 0. The zero-order valence-corrected chi connectivity index (χ0v) is 8.67. The molecule has 0 aromatic carbocycles. The lowest BCUT2D eigenvalue weighted by atomic mass is 10.3. The minimum Gasteiger partial charge on any atom is -0.0597 e. The Kier molecular flexibility index (Phi) is 2.67. The predicted octanol–water partition coefficient (Wildman–Crippen LogP) is 3.34. The predicted molar refractivity (Wildman–Crippen MR) is 52.8 cm³/mol. The molecule has 0 N–H and O–H groups in total. The van der Waals surface area contributed by atoms with Crippen molar-refractivity contribution in [2.24, 2.45) is 0 Å². The molecule has 1 heterocycles. The molecule has 0 atom stereocenters. The molecule has 0 amide bonds. The highest BCUT2D eigenvalue weighted by Crippen LogP contribution is 2.38. The zero-order chi connectivity index (χ0) is 7.52. The highest BCUT2D eigenvalue weighted by molar-refractivity contribution is 6.60. The van der Waals surface area contributed by atoms with Crippen LogP contribution in [0.5, 0.6) is 0 Å². The topological polar surface area (TPSA) is 0 Å². The fraction of sp³-hybridized carbons (Fsp3) is 1.00. The van der Waals surface area contributed by atoms with Gasteiger partial charge in [-0.2, -0.15) is 0 Å². The van der Waals surface area contributed by atoms with Gasteiger partial charge in [0.2, 0.25) is 0 Å². The Morgan fingerprint density at radius 3 is 2.00 bits per heavy atom. The summed E-state index contributed by atoms with van der Waals surface area (Å²) in [7, 11) is -0.179. The van der Waals surface area contributed by atoms with E-state index in [1.807, 2.05) is 0 Å². The molecule has 1 saturated carbocycles. The molecule has 1 saturated heterocycles. The van der Waals surface area contributed by atoms with Crippen molar-refractivity contribution < 1.29 is 0 Å². The van der Waals surface area contributed by atoms with Gasteiger partial charge in [-0.15, -0.1) is 0 Å². The van der Waals surface area contributed by atoms with Gasteiger partial charge >= 0.3 is 0 Å². The third-order valence-electron chi connectivity index (χ3n) is 3.72. The van der Waals surface area contributed by atoms with E-state index in [2.05, 4.69) is 0 Å². The maximum atomic E-state index is 1.70. The van der Waals surface area contributed by atoms with Crippen molar-refractivity contribution in [3.8, 4) is 0 Å². The van der Waals surface area contributed by atoms with Gasteiger partial charge in [0.05, 0.1) is 0 Å². The van der Waals surface area contributed by atoms with E-state index in [0.717, 1.165) is 0 Å². The van der Waals surface area contributed by atoms with Crippen LogP contribution in [0.15, 0.2) is 0 Å². The summed E-state index contributed by atoms with van der Waals surface area (Å²) in [4.78, 5) is 0. The largest absolute Gasteiger partial charge is 0.0597 e. The molecule has 2 aliphatic rings. The lowest BCUT2D eigenvalue weighted by molar-refractivity contribution is 0.695. The normalized spacial score (nSPS) is 29.5. The summed E-state index contributed by atoms with van der Waals surface area (Å²) in [6.45, 7) is 0. The van der Waals surface area contributed by atoms with Crippen LogP contribution in [-0.4, -0.2) is 8.80 Å². The fourth-order valence-corrected chi connectivity index (χ4v) is 7.31. The second-order valence-corrected chi connectivity index (χ2v) is 8.06. The molecule has 64 valence electrons. The van der Waals surface area contributed by atoms with E-state index in [1.54, 1.807) is 57.0 Å². The highest BCUT2D eigenvalue weighted by atomic mass is 28.3. The highest BCUT2D eigenvalue weighted by Gasteiger charge is 2.26. The molecule has 0 nitrogen and oxygen atoms in total.